The fourth-order valence-electron chi connectivity index (χ4n) is 2.59. The van der Waals surface area contributed by atoms with Gasteiger partial charge in [-0.15, -0.1) is 5.10 Å². The molecule has 0 aliphatic heterocycles. The Morgan fingerprint density at radius 1 is 1.31 bits per heavy atom. The minimum atomic E-state index is -0.483. The number of nitrogens with zero attached hydrogens (tertiary/aromatic N) is 2. The molecule has 0 atom stereocenters. The van der Waals surface area contributed by atoms with Crippen LogP contribution in [0.15, 0.2) is 30.5 Å². The first-order valence-electron chi connectivity index (χ1n) is 8.15. The predicted octanol–water partition coefficient (Wildman–Crippen LogP) is 3.94. The maximum absolute atomic E-state index is 12.1. The number of hydrogen-bond acceptors (Lipinski definition) is 5. The zero-order chi connectivity index (χ0) is 19.3. The molecule has 6 nitrogen and oxygen atoms in total. The molecule has 7 heteroatoms. The standard InChI is InChI=1S/C19H23ClN2O4/c1-12(2)16-17(20)22(3)21-18(16)26-10-13-8-6-7-9-14(13)15(11-24-4)19(23)25-5/h6-9,11-12H,10H2,1-5H3/b15-11+. The van der Waals surface area contributed by atoms with E-state index in [0.717, 1.165) is 11.1 Å². The van der Waals surface area contributed by atoms with Crippen LogP contribution in [0.5, 0.6) is 5.88 Å². The number of carbonyl (C=O) groups excluding carboxylic acids is 1. The maximum atomic E-state index is 12.1. The Bertz CT molecular complexity index is 812. The largest absolute Gasteiger partial charge is 0.503 e. The van der Waals surface area contributed by atoms with E-state index < -0.39 is 5.97 Å². The number of aromatic nitrogens is 2. The summed E-state index contributed by atoms with van der Waals surface area (Å²) >= 11 is 6.31. The predicted molar refractivity (Wildman–Crippen MR) is 100 cm³/mol. The van der Waals surface area contributed by atoms with Crippen LogP contribution in [0.4, 0.5) is 0 Å². The van der Waals surface area contributed by atoms with E-state index in [0.29, 0.717) is 22.2 Å². The monoisotopic (exact) mass is 378 g/mol. The number of halogens is 1. The minimum absolute atomic E-state index is 0.167. The lowest BCUT2D eigenvalue weighted by Crippen LogP contribution is -2.08. The summed E-state index contributed by atoms with van der Waals surface area (Å²) in [6, 6.07) is 7.40. The topological polar surface area (TPSA) is 62.6 Å². The lowest BCUT2D eigenvalue weighted by molar-refractivity contribution is -0.133. The molecule has 0 aliphatic carbocycles. The Hall–Kier alpha value is -2.47. The Morgan fingerprint density at radius 3 is 2.62 bits per heavy atom. The third kappa shape index (κ3) is 4.19. The van der Waals surface area contributed by atoms with Gasteiger partial charge in [0.2, 0.25) is 5.88 Å². The van der Waals surface area contributed by atoms with E-state index in [4.69, 9.17) is 25.8 Å². The van der Waals surface area contributed by atoms with Gasteiger partial charge in [0.1, 0.15) is 17.3 Å². The summed E-state index contributed by atoms with van der Waals surface area (Å²) in [6.07, 6.45) is 1.36. The zero-order valence-electron chi connectivity index (χ0n) is 15.6. The number of benzene rings is 1. The van der Waals surface area contributed by atoms with E-state index >= 15 is 0 Å². The number of carbonyl (C=O) groups is 1. The molecule has 140 valence electrons. The number of rotatable bonds is 7. The first kappa shape index (κ1) is 19.8. The van der Waals surface area contributed by atoms with Crippen LogP contribution in [0, 0.1) is 0 Å². The van der Waals surface area contributed by atoms with Crippen LogP contribution in [0.3, 0.4) is 0 Å². The van der Waals surface area contributed by atoms with Gasteiger partial charge in [-0.05, 0) is 17.0 Å². The molecule has 0 saturated heterocycles. The van der Waals surface area contributed by atoms with Gasteiger partial charge in [0.15, 0.2) is 0 Å². The van der Waals surface area contributed by atoms with Gasteiger partial charge in [0.25, 0.3) is 0 Å². The number of aryl methyl sites for hydroxylation is 1. The van der Waals surface area contributed by atoms with Crippen molar-refractivity contribution in [3.63, 3.8) is 0 Å². The molecule has 0 unspecified atom stereocenters. The molecule has 0 radical (unpaired) electrons. The summed E-state index contributed by atoms with van der Waals surface area (Å²) in [5.41, 5.74) is 2.65. The average Bonchev–Trinajstić information content (AvgIpc) is 2.92. The fourth-order valence-corrected chi connectivity index (χ4v) is 2.93. The second-order valence-corrected chi connectivity index (χ2v) is 6.35. The first-order valence-corrected chi connectivity index (χ1v) is 8.53. The van der Waals surface area contributed by atoms with Gasteiger partial charge in [-0.3, -0.25) is 4.68 Å². The normalized spacial score (nSPS) is 11.6. The molecule has 1 aromatic heterocycles. The number of methoxy groups -OCH3 is 2. The van der Waals surface area contributed by atoms with E-state index in [9.17, 15) is 4.79 Å². The van der Waals surface area contributed by atoms with Crippen LogP contribution in [0.2, 0.25) is 5.15 Å². The van der Waals surface area contributed by atoms with Gasteiger partial charge in [-0.2, -0.15) is 0 Å². The second kappa shape index (κ2) is 8.76. The van der Waals surface area contributed by atoms with E-state index in [2.05, 4.69) is 5.10 Å². The molecular weight excluding hydrogens is 356 g/mol. The summed E-state index contributed by atoms with van der Waals surface area (Å²) < 4.78 is 17.4. The highest BCUT2D eigenvalue weighted by Crippen LogP contribution is 2.33. The summed E-state index contributed by atoms with van der Waals surface area (Å²) in [7, 11) is 4.58. The molecule has 0 fully saturated rings. The summed E-state index contributed by atoms with van der Waals surface area (Å²) in [5, 5.41) is 4.89. The third-order valence-corrected chi connectivity index (χ3v) is 4.32. The molecule has 0 saturated carbocycles. The molecule has 0 N–H and O–H groups in total. The Balaban J connectivity index is 2.34. The molecular formula is C19H23ClN2O4. The van der Waals surface area contributed by atoms with Crippen LogP contribution >= 0.6 is 11.6 Å². The van der Waals surface area contributed by atoms with Gasteiger partial charge in [-0.1, -0.05) is 49.7 Å². The van der Waals surface area contributed by atoms with E-state index in [-0.39, 0.29) is 12.5 Å². The van der Waals surface area contributed by atoms with Crippen molar-refractivity contribution in [3.05, 3.63) is 52.4 Å². The highest BCUT2D eigenvalue weighted by atomic mass is 35.5. The van der Waals surface area contributed by atoms with Crippen molar-refractivity contribution in [1.82, 2.24) is 9.78 Å². The second-order valence-electron chi connectivity index (χ2n) is 5.99. The molecule has 1 heterocycles. The van der Waals surface area contributed by atoms with Crippen LogP contribution in [-0.2, 0) is 27.9 Å². The van der Waals surface area contributed by atoms with Crippen LogP contribution < -0.4 is 4.74 Å². The molecule has 0 amide bonds. The third-order valence-electron chi connectivity index (χ3n) is 3.87. The summed E-state index contributed by atoms with van der Waals surface area (Å²) in [5.74, 6) is 0.168. The van der Waals surface area contributed by atoms with Crippen molar-refractivity contribution in [1.29, 1.82) is 0 Å². The number of hydrogen-bond donors (Lipinski definition) is 0. The summed E-state index contributed by atoms with van der Waals surface area (Å²) in [6.45, 7) is 4.28. The molecule has 0 bridgehead atoms. The highest BCUT2D eigenvalue weighted by molar-refractivity contribution is 6.30. The number of esters is 1. The van der Waals surface area contributed by atoms with Crippen molar-refractivity contribution in [3.8, 4) is 5.88 Å². The van der Waals surface area contributed by atoms with Gasteiger partial charge in [-0.25, -0.2) is 4.79 Å². The highest BCUT2D eigenvalue weighted by Gasteiger charge is 2.21. The Labute approximate surface area is 158 Å². The molecule has 2 aromatic rings. The molecule has 2 rings (SSSR count). The van der Waals surface area contributed by atoms with Crippen molar-refractivity contribution < 1.29 is 19.0 Å². The van der Waals surface area contributed by atoms with E-state index in [1.807, 2.05) is 38.1 Å². The Morgan fingerprint density at radius 2 is 2.00 bits per heavy atom. The zero-order valence-corrected chi connectivity index (χ0v) is 16.3. The van der Waals surface area contributed by atoms with Crippen molar-refractivity contribution in [2.75, 3.05) is 14.2 Å². The van der Waals surface area contributed by atoms with Crippen molar-refractivity contribution in [2.45, 2.75) is 26.4 Å². The van der Waals surface area contributed by atoms with Gasteiger partial charge in [0.05, 0.1) is 26.0 Å². The van der Waals surface area contributed by atoms with Crippen molar-refractivity contribution in [2.24, 2.45) is 7.05 Å². The maximum Gasteiger partial charge on any atom is 0.341 e. The van der Waals surface area contributed by atoms with Gasteiger partial charge >= 0.3 is 5.97 Å². The summed E-state index contributed by atoms with van der Waals surface area (Å²) in [4.78, 5) is 12.1. The Kier molecular flexibility index (Phi) is 6.69. The van der Waals surface area contributed by atoms with Crippen LogP contribution in [0.1, 0.15) is 36.5 Å². The van der Waals surface area contributed by atoms with Crippen LogP contribution in [0.25, 0.3) is 5.57 Å². The lowest BCUT2D eigenvalue weighted by Gasteiger charge is -2.13. The van der Waals surface area contributed by atoms with Gasteiger partial charge < -0.3 is 14.2 Å². The minimum Gasteiger partial charge on any atom is -0.503 e. The van der Waals surface area contributed by atoms with Crippen molar-refractivity contribution >= 4 is 23.1 Å². The lowest BCUT2D eigenvalue weighted by atomic mass is 10.0. The van der Waals surface area contributed by atoms with E-state index in [1.165, 1.54) is 20.5 Å². The quantitative estimate of drug-likeness (QED) is 0.415. The van der Waals surface area contributed by atoms with E-state index in [1.54, 1.807) is 11.7 Å². The first-order chi connectivity index (χ1) is 12.4. The van der Waals surface area contributed by atoms with Gasteiger partial charge in [0, 0.05) is 7.05 Å². The average molecular weight is 379 g/mol. The molecule has 1 aromatic carbocycles. The number of ether oxygens (including phenoxy) is 3. The molecule has 26 heavy (non-hydrogen) atoms. The molecule has 0 aliphatic rings. The molecule has 0 spiro atoms. The fraction of sp³-hybridized carbons (Fsp3) is 0.368. The SMILES string of the molecule is CO/C=C(/C(=O)OC)c1ccccc1COc1nn(C)c(Cl)c1C(C)C. The van der Waals surface area contributed by atoms with Crippen LogP contribution in [-0.4, -0.2) is 30.0 Å². The smallest absolute Gasteiger partial charge is 0.341 e.